The first-order chi connectivity index (χ1) is 6.72. The highest BCUT2D eigenvalue weighted by atomic mass is 15.1. The first-order valence-electron chi connectivity index (χ1n) is 6.44. The summed E-state index contributed by atoms with van der Waals surface area (Å²) in [5.41, 5.74) is 0. The summed E-state index contributed by atoms with van der Waals surface area (Å²) >= 11 is 0. The van der Waals surface area contributed by atoms with Crippen molar-refractivity contribution in [2.45, 2.75) is 52.9 Å². The lowest BCUT2D eigenvalue weighted by Crippen LogP contribution is -2.36. The van der Waals surface area contributed by atoms with Crippen molar-refractivity contribution >= 4 is 0 Å². The normalized spacial score (nSPS) is 20.6. The minimum absolute atomic E-state index is 0.835. The Balaban J connectivity index is 2.11. The number of hydrogen-bond acceptors (Lipinski definition) is 1. The van der Waals surface area contributed by atoms with Crippen LogP contribution in [-0.4, -0.2) is 24.5 Å². The highest BCUT2D eigenvalue weighted by Gasteiger charge is 2.18. The van der Waals surface area contributed by atoms with Crippen LogP contribution < -0.4 is 0 Å². The zero-order chi connectivity index (χ0) is 10.4. The Bertz CT molecular complexity index is 134. The molecule has 1 heteroatoms. The van der Waals surface area contributed by atoms with E-state index in [0.717, 1.165) is 11.8 Å². The van der Waals surface area contributed by atoms with Crippen LogP contribution in [0.25, 0.3) is 0 Å². The number of likely N-dealkylation sites (tertiary alicyclic amines) is 1. The second-order valence-electron chi connectivity index (χ2n) is 5.28. The van der Waals surface area contributed by atoms with Gasteiger partial charge in [0.1, 0.15) is 0 Å². The van der Waals surface area contributed by atoms with Crippen molar-refractivity contribution in [3.63, 3.8) is 0 Å². The van der Waals surface area contributed by atoms with Crippen LogP contribution in [0.4, 0.5) is 0 Å². The third-order valence-electron chi connectivity index (χ3n) is 3.30. The molecule has 1 aliphatic heterocycles. The summed E-state index contributed by atoms with van der Waals surface area (Å²) in [7, 11) is 0. The van der Waals surface area contributed by atoms with E-state index in [2.05, 4.69) is 25.7 Å². The lowest BCUT2D eigenvalue weighted by molar-refractivity contribution is 0.162. The van der Waals surface area contributed by atoms with Gasteiger partial charge in [0.25, 0.3) is 0 Å². The van der Waals surface area contributed by atoms with Crippen molar-refractivity contribution in [1.82, 2.24) is 4.90 Å². The van der Waals surface area contributed by atoms with E-state index in [1.807, 2.05) is 0 Å². The first-order valence-corrected chi connectivity index (χ1v) is 6.44. The molecule has 1 nitrogen and oxygen atoms in total. The predicted octanol–water partition coefficient (Wildman–Crippen LogP) is 3.54. The van der Waals surface area contributed by atoms with Crippen molar-refractivity contribution in [2.24, 2.45) is 11.8 Å². The van der Waals surface area contributed by atoms with E-state index in [1.54, 1.807) is 0 Å². The SMILES string of the molecule is CCCCC1CCN(CC(C)C)CC1. The fourth-order valence-corrected chi connectivity index (χ4v) is 2.47. The van der Waals surface area contributed by atoms with Gasteiger partial charge in [0.05, 0.1) is 0 Å². The lowest BCUT2D eigenvalue weighted by atomic mass is 9.91. The monoisotopic (exact) mass is 197 g/mol. The summed E-state index contributed by atoms with van der Waals surface area (Å²) in [6.45, 7) is 11.0. The molecule has 0 aromatic rings. The third kappa shape index (κ3) is 4.45. The molecule has 0 N–H and O–H groups in total. The highest BCUT2D eigenvalue weighted by Crippen LogP contribution is 2.22. The summed E-state index contributed by atoms with van der Waals surface area (Å²) in [4.78, 5) is 2.65. The smallest absolute Gasteiger partial charge is 0.000439 e. The molecule has 1 saturated heterocycles. The Morgan fingerprint density at radius 1 is 1.21 bits per heavy atom. The van der Waals surface area contributed by atoms with E-state index < -0.39 is 0 Å². The zero-order valence-electron chi connectivity index (χ0n) is 10.3. The molecule has 0 atom stereocenters. The summed E-state index contributed by atoms with van der Waals surface area (Å²) in [5, 5.41) is 0. The number of unbranched alkanes of at least 4 members (excludes halogenated alkanes) is 1. The molecule has 1 fully saturated rings. The second kappa shape index (κ2) is 6.44. The van der Waals surface area contributed by atoms with Gasteiger partial charge in [0.15, 0.2) is 0 Å². The molecule has 0 aromatic carbocycles. The Morgan fingerprint density at radius 3 is 2.36 bits per heavy atom. The van der Waals surface area contributed by atoms with Crippen LogP contribution >= 0.6 is 0 Å². The number of hydrogen-bond donors (Lipinski definition) is 0. The van der Waals surface area contributed by atoms with Crippen LogP contribution in [-0.2, 0) is 0 Å². The maximum Gasteiger partial charge on any atom is 0.000439 e. The van der Waals surface area contributed by atoms with Gasteiger partial charge in [-0.25, -0.2) is 0 Å². The molecule has 0 aliphatic carbocycles. The minimum Gasteiger partial charge on any atom is -0.303 e. The van der Waals surface area contributed by atoms with Gasteiger partial charge in [-0.3, -0.25) is 0 Å². The third-order valence-corrected chi connectivity index (χ3v) is 3.30. The van der Waals surface area contributed by atoms with Crippen molar-refractivity contribution < 1.29 is 0 Å². The summed E-state index contributed by atoms with van der Waals surface area (Å²) in [5.74, 6) is 1.88. The molecule has 14 heavy (non-hydrogen) atoms. The van der Waals surface area contributed by atoms with Gasteiger partial charge in [-0.2, -0.15) is 0 Å². The van der Waals surface area contributed by atoms with Crippen LogP contribution in [0.15, 0.2) is 0 Å². The Kier molecular flexibility index (Phi) is 5.54. The van der Waals surface area contributed by atoms with Crippen molar-refractivity contribution in [3.8, 4) is 0 Å². The average molecular weight is 197 g/mol. The van der Waals surface area contributed by atoms with E-state index in [9.17, 15) is 0 Å². The number of nitrogens with zero attached hydrogens (tertiary/aromatic N) is 1. The van der Waals surface area contributed by atoms with Gasteiger partial charge in [-0.1, -0.05) is 40.0 Å². The quantitative estimate of drug-likeness (QED) is 0.651. The van der Waals surface area contributed by atoms with E-state index in [0.29, 0.717) is 0 Å². The van der Waals surface area contributed by atoms with Gasteiger partial charge < -0.3 is 4.90 Å². The average Bonchev–Trinajstić information content (AvgIpc) is 2.16. The Morgan fingerprint density at radius 2 is 1.86 bits per heavy atom. The minimum atomic E-state index is 0.835. The molecule has 1 aliphatic rings. The molecule has 84 valence electrons. The predicted molar refractivity (Wildman–Crippen MR) is 63.5 cm³/mol. The largest absolute Gasteiger partial charge is 0.303 e. The van der Waals surface area contributed by atoms with E-state index in [-0.39, 0.29) is 0 Å². The van der Waals surface area contributed by atoms with Gasteiger partial charge in [-0.15, -0.1) is 0 Å². The molecule has 0 unspecified atom stereocenters. The van der Waals surface area contributed by atoms with E-state index >= 15 is 0 Å². The van der Waals surface area contributed by atoms with Crippen LogP contribution in [0.3, 0.4) is 0 Å². The summed E-state index contributed by atoms with van der Waals surface area (Å²) in [6, 6.07) is 0. The molecule has 0 aromatic heterocycles. The molecule has 1 heterocycles. The van der Waals surface area contributed by atoms with Crippen LogP contribution in [0.1, 0.15) is 52.9 Å². The van der Waals surface area contributed by atoms with Crippen molar-refractivity contribution in [2.75, 3.05) is 19.6 Å². The Labute approximate surface area is 89.9 Å². The summed E-state index contributed by atoms with van der Waals surface area (Å²) < 4.78 is 0. The molecular weight excluding hydrogens is 170 g/mol. The molecular formula is C13H27N. The zero-order valence-corrected chi connectivity index (χ0v) is 10.3. The number of piperidine rings is 1. The van der Waals surface area contributed by atoms with Crippen LogP contribution in [0.2, 0.25) is 0 Å². The van der Waals surface area contributed by atoms with Gasteiger partial charge >= 0.3 is 0 Å². The van der Waals surface area contributed by atoms with E-state index in [1.165, 1.54) is 51.7 Å². The lowest BCUT2D eigenvalue weighted by Gasteiger charge is -2.32. The molecule has 0 radical (unpaired) electrons. The van der Waals surface area contributed by atoms with Crippen molar-refractivity contribution in [3.05, 3.63) is 0 Å². The fraction of sp³-hybridized carbons (Fsp3) is 1.00. The molecule has 0 spiro atoms. The molecule has 0 bridgehead atoms. The molecule has 0 amide bonds. The van der Waals surface area contributed by atoms with E-state index in [4.69, 9.17) is 0 Å². The topological polar surface area (TPSA) is 3.24 Å². The van der Waals surface area contributed by atoms with Gasteiger partial charge in [0, 0.05) is 6.54 Å². The first kappa shape index (κ1) is 12.0. The highest BCUT2D eigenvalue weighted by molar-refractivity contribution is 4.72. The molecule has 1 rings (SSSR count). The second-order valence-corrected chi connectivity index (χ2v) is 5.28. The van der Waals surface area contributed by atoms with Crippen LogP contribution in [0, 0.1) is 11.8 Å². The number of rotatable bonds is 5. The maximum absolute atomic E-state index is 2.65. The fourth-order valence-electron chi connectivity index (χ4n) is 2.47. The summed E-state index contributed by atoms with van der Waals surface area (Å²) in [6.07, 6.45) is 7.19. The van der Waals surface area contributed by atoms with Gasteiger partial charge in [-0.05, 0) is 37.8 Å². The van der Waals surface area contributed by atoms with Crippen molar-refractivity contribution in [1.29, 1.82) is 0 Å². The molecule has 0 saturated carbocycles. The Hall–Kier alpha value is -0.0400. The van der Waals surface area contributed by atoms with Crippen LogP contribution in [0.5, 0.6) is 0 Å². The standard InChI is InChI=1S/C13H27N/c1-4-5-6-13-7-9-14(10-8-13)11-12(2)3/h12-13H,4-11H2,1-3H3. The van der Waals surface area contributed by atoms with Gasteiger partial charge in [0.2, 0.25) is 0 Å². The maximum atomic E-state index is 2.65.